The molecule has 3 rings (SSSR count). The first-order valence-corrected chi connectivity index (χ1v) is 7.17. The molecule has 1 saturated heterocycles. The van der Waals surface area contributed by atoms with Crippen LogP contribution in [-0.2, 0) is 0 Å². The van der Waals surface area contributed by atoms with Crippen LogP contribution < -0.4 is 9.64 Å². The zero-order chi connectivity index (χ0) is 14.5. The van der Waals surface area contributed by atoms with Crippen LogP contribution in [0.1, 0.15) is 18.4 Å². The normalized spacial score (nSPS) is 17.5. The van der Waals surface area contributed by atoms with Gasteiger partial charge in [0.25, 0.3) is 0 Å². The van der Waals surface area contributed by atoms with Gasteiger partial charge < -0.3 is 9.64 Å². The van der Waals surface area contributed by atoms with E-state index in [2.05, 4.69) is 16.0 Å². The van der Waals surface area contributed by atoms with Crippen LogP contribution in [0.3, 0.4) is 0 Å². The van der Waals surface area contributed by atoms with Crippen LogP contribution in [0.5, 0.6) is 5.75 Å². The van der Waals surface area contributed by atoms with Crippen LogP contribution in [0.2, 0.25) is 0 Å². The molecule has 1 aromatic carbocycles. The molecule has 2 heterocycles. The van der Waals surface area contributed by atoms with Crippen molar-refractivity contribution in [3.63, 3.8) is 0 Å². The molecule has 1 aliphatic rings. The summed E-state index contributed by atoms with van der Waals surface area (Å²) < 4.78 is 5.86. The lowest BCUT2D eigenvalue weighted by atomic mass is 10.2. The molecule has 0 aliphatic carbocycles. The number of rotatable bonds is 4. The fourth-order valence-electron chi connectivity index (χ4n) is 2.64. The number of nitriles is 1. The summed E-state index contributed by atoms with van der Waals surface area (Å²) in [6.45, 7) is 1.65. The van der Waals surface area contributed by atoms with Crippen molar-refractivity contribution in [2.24, 2.45) is 0 Å². The molecule has 21 heavy (non-hydrogen) atoms. The van der Waals surface area contributed by atoms with Gasteiger partial charge in [-0.25, -0.2) is 4.98 Å². The third-order valence-electron chi connectivity index (χ3n) is 3.73. The van der Waals surface area contributed by atoms with Gasteiger partial charge in [-0.05, 0) is 37.1 Å². The minimum absolute atomic E-state index is 0.339. The van der Waals surface area contributed by atoms with Gasteiger partial charge in [-0.2, -0.15) is 5.26 Å². The van der Waals surface area contributed by atoms with Gasteiger partial charge in [0.2, 0.25) is 0 Å². The van der Waals surface area contributed by atoms with Crippen LogP contribution in [0.4, 0.5) is 5.82 Å². The zero-order valence-corrected chi connectivity index (χ0v) is 11.8. The van der Waals surface area contributed by atoms with E-state index in [-0.39, 0.29) is 0 Å². The highest BCUT2D eigenvalue weighted by Gasteiger charge is 2.26. The molecule has 1 fully saturated rings. The van der Waals surface area contributed by atoms with Gasteiger partial charge >= 0.3 is 0 Å². The zero-order valence-electron chi connectivity index (χ0n) is 11.8. The molecule has 4 nitrogen and oxygen atoms in total. The molecule has 4 heteroatoms. The molecular weight excluding hydrogens is 262 g/mol. The predicted molar refractivity (Wildman–Crippen MR) is 81.3 cm³/mol. The van der Waals surface area contributed by atoms with E-state index in [0.717, 1.165) is 31.0 Å². The van der Waals surface area contributed by atoms with Crippen molar-refractivity contribution < 1.29 is 4.74 Å². The van der Waals surface area contributed by atoms with Crippen molar-refractivity contribution in [2.45, 2.75) is 18.9 Å². The highest BCUT2D eigenvalue weighted by atomic mass is 16.5. The molecule has 1 aliphatic heterocycles. The quantitative estimate of drug-likeness (QED) is 0.863. The summed E-state index contributed by atoms with van der Waals surface area (Å²) in [6.07, 6.45) is 3.88. The summed E-state index contributed by atoms with van der Waals surface area (Å²) in [7, 11) is 0. The molecule has 0 N–H and O–H groups in total. The largest absolute Gasteiger partial charge is 0.491 e. The number of ether oxygens (including phenoxy) is 1. The van der Waals surface area contributed by atoms with Crippen molar-refractivity contribution in [2.75, 3.05) is 18.1 Å². The summed E-state index contributed by atoms with van der Waals surface area (Å²) in [5.74, 6) is 1.82. The SMILES string of the molecule is N#Cc1ccc(N2CCC[C@@H]2COc2ccccc2)nc1. The second kappa shape index (κ2) is 6.27. The fraction of sp³-hybridized carbons (Fsp3) is 0.294. The maximum atomic E-state index is 8.83. The molecular formula is C17H17N3O. The maximum Gasteiger partial charge on any atom is 0.128 e. The molecule has 1 atom stereocenters. The highest BCUT2D eigenvalue weighted by Crippen LogP contribution is 2.24. The Morgan fingerprint density at radius 1 is 1.24 bits per heavy atom. The van der Waals surface area contributed by atoms with Gasteiger partial charge in [0.05, 0.1) is 11.6 Å². The monoisotopic (exact) mass is 279 g/mol. The molecule has 0 saturated carbocycles. The highest BCUT2D eigenvalue weighted by molar-refractivity contribution is 5.44. The van der Waals surface area contributed by atoms with Crippen LogP contribution in [0, 0.1) is 11.3 Å². The Bertz CT molecular complexity index is 619. The summed E-state index contributed by atoms with van der Waals surface area (Å²) in [6, 6.07) is 16.0. The molecule has 0 amide bonds. The smallest absolute Gasteiger partial charge is 0.128 e. The third-order valence-corrected chi connectivity index (χ3v) is 3.73. The summed E-state index contributed by atoms with van der Waals surface area (Å²) in [5, 5.41) is 8.83. The van der Waals surface area contributed by atoms with Crippen LogP contribution in [0.25, 0.3) is 0 Å². The van der Waals surface area contributed by atoms with E-state index in [4.69, 9.17) is 10.00 Å². The Hall–Kier alpha value is -2.54. The molecule has 0 spiro atoms. The lowest BCUT2D eigenvalue weighted by Gasteiger charge is -2.25. The third kappa shape index (κ3) is 3.14. The van der Waals surface area contributed by atoms with Crippen LogP contribution >= 0.6 is 0 Å². The summed E-state index contributed by atoms with van der Waals surface area (Å²) in [4.78, 5) is 6.65. The van der Waals surface area contributed by atoms with Gasteiger partial charge in [0.1, 0.15) is 24.2 Å². The van der Waals surface area contributed by atoms with Gasteiger partial charge in [0.15, 0.2) is 0 Å². The first-order valence-electron chi connectivity index (χ1n) is 7.17. The number of anilines is 1. The van der Waals surface area contributed by atoms with Gasteiger partial charge in [-0.3, -0.25) is 0 Å². The number of hydrogen-bond donors (Lipinski definition) is 0. The van der Waals surface area contributed by atoms with Gasteiger partial charge in [0, 0.05) is 12.7 Å². The van der Waals surface area contributed by atoms with Crippen molar-refractivity contribution in [3.8, 4) is 11.8 Å². The molecule has 0 unspecified atom stereocenters. The second-order valence-corrected chi connectivity index (χ2v) is 5.13. The first-order chi connectivity index (χ1) is 10.4. The number of hydrogen-bond acceptors (Lipinski definition) is 4. The van der Waals surface area contributed by atoms with Crippen molar-refractivity contribution in [3.05, 3.63) is 54.2 Å². The molecule has 2 aromatic rings. The molecule has 1 aromatic heterocycles. The van der Waals surface area contributed by atoms with E-state index >= 15 is 0 Å². The lowest BCUT2D eigenvalue weighted by molar-refractivity contribution is 0.288. The number of benzene rings is 1. The number of para-hydroxylation sites is 1. The average Bonchev–Trinajstić information content (AvgIpc) is 3.02. The Morgan fingerprint density at radius 2 is 2.10 bits per heavy atom. The Balaban J connectivity index is 1.66. The summed E-state index contributed by atoms with van der Waals surface area (Å²) in [5.41, 5.74) is 0.593. The van der Waals surface area contributed by atoms with E-state index in [0.29, 0.717) is 18.2 Å². The maximum absolute atomic E-state index is 8.83. The summed E-state index contributed by atoms with van der Waals surface area (Å²) >= 11 is 0. The fourth-order valence-corrected chi connectivity index (χ4v) is 2.64. The topological polar surface area (TPSA) is 49.2 Å². The Labute approximate surface area is 124 Å². The van der Waals surface area contributed by atoms with Crippen LogP contribution in [0.15, 0.2) is 48.7 Å². The minimum Gasteiger partial charge on any atom is -0.491 e. The first kappa shape index (κ1) is 13.4. The predicted octanol–water partition coefficient (Wildman–Crippen LogP) is 3.00. The Kier molecular flexibility index (Phi) is 4.02. The molecule has 106 valence electrons. The average molecular weight is 279 g/mol. The van der Waals surface area contributed by atoms with E-state index in [9.17, 15) is 0 Å². The standard InChI is InChI=1S/C17H17N3O/c18-11-14-8-9-17(19-12-14)20-10-4-5-15(20)13-21-16-6-2-1-3-7-16/h1-3,6-9,12,15H,4-5,10,13H2/t15-/m1/s1. The minimum atomic E-state index is 0.339. The van der Waals surface area contributed by atoms with Crippen molar-refractivity contribution in [1.82, 2.24) is 4.98 Å². The Morgan fingerprint density at radius 3 is 2.81 bits per heavy atom. The second-order valence-electron chi connectivity index (χ2n) is 5.13. The van der Waals surface area contributed by atoms with Crippen LogP contribution in [-0.4, -0.2) is 24.2 Å². The van der Waals surface area contributed by atoms with Gasteiger partial charge in [-0.1, -0.05) is 18.2 Å². The lowest BCUT2D eigenvalue weighted by Crippen LogP contribution is -2.34. The molecule has 0 bridgehead atoms. The van der Waals surface area contributed by atoms with Gasteiger partial charge in [-0.15, -0.1) is 0 Å². The van der Waals surface area contributed by atoms with E-state index in [1.54, 1.807) is 6.20 Å². The number of pyridine rings is 1. The number of aromatic nitrogens is 1. The molecule has 0 radical (unpaired) electrons. The van der Waals surface area contributed by atoms with E-state index < -0.39 is 0 Å². The van der Waals surface area contributed by atoms with Crippen molar-refractivity contribution >= 4 is 5.82 Å². The van der Waals surface area contributed by atoms with E-state index in [1.165, 1.54) is 0 Å². The van der Waals surface area contributed by atoms with E-state index in [1.807, 2.05) is 42.5 Å². The number of nitrogens with zero attached hydrogens (tertiary/aromatic N) is 3. The van der Waals surface area contributed by atoms with Crippen molar-refractivity contribution in [1.29, 1.82) is 5.26 Å².